The van der Waals surface area contributed by atoms with E-state index < -0.39 is 11.8 Å². The molecule has 1 aromatic heterocycles. The molecule has 0 radical (unpaired) electrons. The van der Waals surface area contributed by atoms with Crippen molar-refractivity contribution in [3.8, 4) is 5.75 Å². The van der Waals surface area contributed by atoms with Crippen LogP contribution < -0.4 is 4.74 Å². The molecule has 1 N–H and O–H groups in total. The summed E-state index contributed by atoms with van der Waals surface area (Å²) in [6, 6.07) is 7.42. The Morgan fingerprint density at radius 2 is 2.10 bits per heavy atom. The summed E-state index contributed by atoms with van der Waals surface area (Å²) in [6.07, 6.45) is 0.720. The molecule has 4 nitrogen and oxygen atoms in total. The Bertz CT molecular complexity index is 671. The fourth-order valence-corrected chi connectivity index (χ4v) is 1.94. The van der Waals surface area contributed by atoms with E-state index in [-0.39, 0.29) is 12.2 Å². The number of pyridine rings is 1. The molecule has 0 spiro atoms. The number of nitrogens with zero attached hydrogens (tertiary/aromatic N) is 1. The highest BCUT2D eigenvalue weighted by atomic mass is 19.1. The quantitative estimate of drug-likeness (QED) is 0.916. The Morgan fingerprint density at radius 3 is 2.71 bits per heavy atom. The number of halogens is 1. The van der Waals surface area contributed by atoms with Gasteiger partial charge in [0.25, 0.3) is 0 Å². The number of ether oxygens (including phenoxy) is 1. The number of hydrogen-bond donors (Lipinski definition) is 1. The SMILES string of the molecule is CCc1nc(C)ccc1OCc1ccc(C(=O)O)cc1F. The number of rotatable bonds is 5. The summed E-state index contributed by atoms with van der Waals surface area (Å²) in [5.41, 5.74) is 1.94. The summed E-state index contributed by atoms with van der Waals surface area (Å²) >= 11 is 0. The average molecular weight is 289 g/mol. The summed E-state index contributed by atoms with van der Waals surface area (Å²) in [6.45, 7) is 3.90. The number of hydrogen-bond acceptors (Lipinski definition) is 3. The van der Waals surface area contributed by atoms with Gasteiger partial charge in [-0.3, -0.25) is 4.98 Å². The van der Waals surface area contributed by atoms with Crippen molar-refractivity contribution in [3.63, 3.8) is 0 Å². The van der Waals surface area contributed by atoms with E-state index in [0.717, 1.165) is 23.9 Å². The Kier molecular flexibility index (Phi) is 4.52. The molecule has 2 aromatic rings. The van der Waals surface area contributed by atoms with E-state index in [1.165, 1.54) is 12.1 Å². The lowest BCUT2D eigenvalue weighted by molar-refractivity contribution is 0.0696. The van der Waals surface area contributed by atoms with Crippen LogP contribution in [0.15, 0.2) is 30.3 Å². The minimum absolute atomic E-state index is 0.0312. The van der Waals surface area contributed by atoms with Gasteiger partial charge in [0.2, 0.25) is 0 Å². The summed E-state index contributed by atoms with van der Waals surface area (Å²) < 4.78 is 19.4. The van der Waals surface area contributed by atoms with Crippen LogP contribution in [0.2, 0.25) is 0 Å². The van der Waals surface area contributed by atoms with Gasteiger partial charge in [-0.1, -0.05) is 13.0 Å². The molecule has 21 heavy (non-hydrogen) atoms. The van der Waals surface area contributed by atoms with Crippen LogP contribution in [0.5, 0.6) is 5.75 Å². The first kappa shape index (κ1) is 15.0. The third kappa shape index (κ3) is 3.56. The van der Waals surface area contributed by atoms with E-state index in [1.54, 1.807) is 0 Å². The Labute approximate surface area is 122 Å². The smallest absolute Gasteiger partial charge is 0.335 e. The lowest BCUT2D eigenvalue weighted by atomic mass is 10.1. The average Bonchev–Trinajstić information content (AvgIpc) is 2.46. The number of benzene rings is 1. The molecule has 1 heterocycles. The second kappa shape index (κ2) is 6.35. The van der Waals surface area contributed by atoms with Gasteiger partial charge in [0.05, 0.1) is 11.3 Å². The van der Waals surface area contributed by atoms with Gasteiger partial charge in [0, 0.05) is 11.3 Å². The standard InChI is InChI=1S/C16H16FNO3/c1-3-14-15(7-4-10(2)18-14)21-9-12-6-5-11(16(19)20)8-13(12)17/h4-8H,3,9H2,1-2H3,(H,19,20). The first-order valence-corrected chi connectivity index (χ1v) is 6.62. The second-order valence-corrected chi connectivity index (χ2v) is 4.65. The lowest BCUT2D eigenvalue weighted by Crippen LogP contribution is -2.04. The van der Waals surface area contributed by atoms with Gasteiger partial charge in [0.1, 0.15) is 18.2 Å². The molecule has 0 amide bonds. The van der Waals surface area contributed by atoms with E-state index >= 15 is 0 Å². The van der Waals surface area contributed by atoms with Crippen LogP contribution >= 0.6 is 0 Å². The fourth-order valence-electron chi connectivity index (χ4n) is 1.94. The van der Waals surface area contributed by atoms with Gasteiger partial charge in [-0.25, -0.2) is 9.18 Å². The van der Waals surface area contributed by atoms with Crippen molar-refractivity contribution < 1.29 is 19.0 Å². The molecule has 0 fully saturated rings. The molecule has 0 saturated carbocycles. The van der Waals surface area contributed by atoms with Gasteiger partial charge in [-0.05, 0) is 37.6 Å². The van der Waals surface area contributed by atoms with Crippen molar-refractivity contribution in [1.82, 2.24) is 4.98 Å². The molecular formula is C16H16FNO3. The van der Waals surface area contributed by atoms with Gasteiger partial charge in [0.15, 0.2) is 0 Å². The van der Waals surface area contributed by atoms with Crippen molar-refractivity contribution in [2.75, 3.05) is 0 Å². The summed E-state index contributed by atoms with van der Waals surface area (Å²) in [5, 5.41) is 8.80. The molecule has 0 bridgehead atoms. The molecule has 0 atom stereocenters. The van der Waals surface area contributed by atoms with Crippen molar-refractivity contribution >= 4 is 5.97 Å². The van der Waals surface area contributed by atoms with Crippen LogP contribution in [0.3, 0.4) is 0 Å². The normalized spacial score (nSPS) is 10.4. The third-order valence-electron chi connectivity index (χ3n) is 3.09. The molecule has 0 unspecified atom stereocenters. The number of aromatic nitrogens is 1. The van der Waals surface area contributed by atoms with E-state index in [0.29, 0.717) is 11.3 Å². The second-order valence-electron chi connectivity index (χ2n) is 4.65. The summed E-state index contributed by atoms with van der Waals surface area (Å²) in [4.78, 5) is 15.1. The van der Waals surface area contributed by atoms with Crippen LogP contribution in [0.25, 0.3) is 0 Å². The maximum atomic E-state index is 13.8. The Hall–Kier alpha value is -2.43. The molecule has 2 rings (SSSR count). The van der Waals surface area contributed by atoms with Gasteiger partial charge in [-0.15, -0.1) is 0 Å². The highest BCUT2D eigenvalue weighted by Crippen LogP contribution is 2.20. The van der Waals surface area contributed by atoms with Crippen molar-refractivity contribution in [1.29, 1.82) is 0 Å². The molecule has 5 heteroatoms. The molecule has 0 saturated heterocycles. The van der Waals surface area contributed by atoms with Crippen LogP contribution in [0.4, 0.5) is 4.39 Å². The molecule has 0 aliphatic rings. The minimum atomic E-state index is -1.16. The predicted octanol–water partition coefficient (Wildman–Crippen LogP) is 3.37. The highest BCUT2D eigenvalue weighted by Gasteiger charge is 2.10. The largest absolute Gasteiger partial charge is 0.487 e. The monoisotopic (exact) mass is 289 g/mol. The lowest BCUT2D eigenvalue weighted by Gasteiger charge is -2.11. The maximum absolute atomic E-state index is 13.8. The molecule has 0 aliphatic carbocycles. The Balaban J connectivity index is 2.15. The highest BCUT2D eigenvalue weighted by molar-refractivity contribution is 5.87. The topological polar surface area (TPSA) is 59.4 Å². The van der Waals surface area contributed by atoms with Crippen LogP contribution in [0, 0.1) is 12.7 Å². The van der Waals surface area contributed by atoms with Crippen molar-refractivity contribution in [2.24, 2.45) is 0 Å². The number of aryl methyl sites for hydroxylation is 2. The van der Waals surface area contributed by atoms with Crippen molar-refractivity contribution in [3.05, 3.63) is 58.7 Å². The van der Waals surface area contributed by atoms with E-state index in [9.17, 15) is 9.18 Å². The zero-order chi connectivity index (χ0) is 15.4. The third-order valence-corrected chi connectivity index (χ3v) is 3.09. The van der Waals surface area contributed by atoms with Crippen molar-refractivity contribution in [2.45, 2.75) is 26.9 Å². The molecule has 0 aliphatic heterocycles. The maximum Gasteiger partial charge on any atom is 0.335 e. The van der Waals surface area contributed by atoms with E-state index in [2.05, 4.69) is 4.98 Å². The van der Waals surface area contributed by atoms with Gasteiger partial charge < -0.3 is 9.84 Å². The molecular weight excluding hydrogens is 273 g/mol. The summed E-state index contributed by atoms with van der Waals surface area (Å²) in [5.74, 6) is -1.13. The molecule has 1 aromatic carbocycles. The van der Waals surface area contributed by atoms with Crippen LogP contribution in [-0.4, -0.2) is 16.1 Å². The van der Waals surface area contributed by atoms with Crippen LogP contribution in [-0.2, 0) is 13.0 Å². The van der Waals surface area contributed by atoms with E-state index in [1.807, 2.05) is 26.0 Å². The zero-order valence-corrected chi connectivity index (χ0v) is 11.9. The number of carboxylic acid groups (broad SMARTS) is 1. The minimum Gasteiger partial charge on any atom is -0.487 e. The Morgan fingerprint density at radius 1 is 1.33 bits per heavy atom. The fraction of sp³-hybridized carbons (Fsp3) is 0.250. The van der Waals surface area contributed by atoms with E-state index in [4.69, 9.17) is 9.84 Å². The van der Waals surface area contributed by atoms with Gasteiger partial charge in [-0.2, -0.15) is 0 Å². The van der Waals surface area contributed by atoms with Gasteiger partial charge >= 0.3 is 5.97 Å². The first-order chi connectivity index (χ1) is 10.0. The number of carbonyl (C=O) groups is 1. The summed E-state index contributed by atoms with van der Waals surface area (Å²) in [7, 11) is 0. The zero-order valence-electron chi connectivity index (χ0n) is 11.9. The number of carboxylic acids is 1. The first-order valence-electron chi connectivity index (χ1n) is 6.62. The molecule has 110 valence electrons. The van der Waals surface area contributed by atoms with Crippen LogP contribution in [0.1, 0.15) is 34.2 Å². The number of aromatic carboxylic acids is 1. The predicted molar refractivity (Wildman–Crippen MR) is 76.0 cm³/mol.